The Morgan fingerprint density at radius 2 is 2.00 bits per heavy atom. The highest BCUT2D eigenvalue weighted by molar-refractivity contribution is 6.74. The predicted octanol–water partition coefficient (Wildman–Crippen LogP) is 3.78. The largest absolute Gasteiger partial charge is 0.538 e. The second-order valence-corrected chi connectivity index (χ2v) is 10.2. The molecule has 0 spiro atoms. The molecule has 1 rings (SSSR count). The average Bonchev–Trinajstić information content (AvgIpc) is 2.15. The monoisotopic (exact) mass is 252 g/mol. The maximum absolute atomic E-state index is 10.9. The van der Waals surface area contributed by atoms with Gasteiger partial charge in [0.1, 0.15) is 0 Å². The molecule has 0 aliphatic carbocycles. The van der Waals surface area contributed by atoms with E-state index in [1.807, 2.05) is 0 Å². The number of nitro benzene ring substituents is 1. The normalized spacial score (nSPS) is 12.3. The van der Waals surface area contributed by atoms with Crippen LogP contribution in [0, 0.1) is 16.2 Å². The number of hydrogen-bond donors (Lipinski definition) is 0. The lowest BCUT2D eigenvalue weighted by Gasteiger charge is -2.36. The van der Waals surface area contributed by atoms with Crippen LogP contribution in [0.3, 0.4) is 0 Å². The van der Waals surface area contributed by atoms with Crippen LogP contribution in [-0.2, 0) is 0 Å². The summed E-state index contributed by atoms with van der Waals surface area (Å²) in [5, 5.41) is 10.9. The minimum Gasteiger partial charge on any atom is -0.538 e. The SMILES string of the molecule is CC(C)(C)[Si](C)(C)Oc1[c]cccc1[N+](=O)[O-]. The summed E-state index contributed by atoms with van der Waals surface area (Å²) in [6.45, 7) is 10.4. The maximum atomic E-state index is 10.9. The van der Waals surface area contributed by atoms with Gasteiger partial charge in [0.15, 0.2) is 5.75 Å². The van der Waals surface area contributed by atoms with Crippen molar-refractivity contribution in [2.45, 2.75) is 38.9 Å². The van der Waals surface area contributed by atoms with Crippen molar-refractivity contribution in [3.8, 4) is 5.75 Å². The van der Waals surface area contributed by atoms with E-state index < -0.39 is 13.2 Å². The van der Waals surface area contributed by atoms with Gasteiger partial charge in [-0.2, -0.15) is 0 Å². The molecule has 0 unspecified atom stereocenters. The van der Waals surface area contributed by atoms with Gasteiger partial charge in [0.2, 0.25) is 0 Å². The van der Waals surface area contributed by atoms with E-state index in [9.17, 15) is 10.1 Å². The fourth-order valence-electron chi connectivity index (χ4n) is 1.05. The van der Waals surface area contributed by atoms with Gasteiger partial charge in [-0.3, -0.25) is 10.1 Å². The predicted molar refractivity (Wildman–Crippen MR) is 69.8 cm³/mol. The third kappa shape index (κ3) is 3.06. The van der Waals surface area contributed by atoms with E-state index in [0.717, 1.165) is 0 Å². The molecule has 0 aliphatic heterocycles. The summed E-state index contributed by atoms with van der Waals surface area (Å²) in [4.78, 5) is 10.4. The molecular weight excluding hydrogens is 234 g/mol. The van der Waals surface area contributed by atoms with Gasteiger partial charge in [0.25, 0.3) is 8.32 Å². The van der Waals surface area contributed by atoms with Crippen molar-refractivity contribution in [2.24, 2.45) is 0 Å². The van der Waals surface area contributed by atoms with Crippen LogP contribution >= 0.6 is 0 Å². The zero-order chi connectivity index (χ0) is 13.3. The van der Waals surface area contributed by atoms with Crippen molar-refractivity contribution in [2.75, 3.05) is 0 Å². The second-order valence-electron chi connectivity index (χ2n) is 5.50. The third-order valence-electron chi connectivity index (χ3n) is 3.16. The van der Waals surface area contributed by atoms with Gasteiger partial charge >= 0.3 is 5.69 Å². The maximum Gasteiger partial charge on any atom is 0.310 e. The van der Waals surface area contributed by atoms with Crippen LogP contribution in [-0.4, -0.2) is 13.2 Å². The number of nitro groups is 1. The number of nitrogens with zero attached hydrogens (tertiary/aromatic N) is 1. The first kappa shape index (κ1) is 13.7. The molecule has 0 amide bonds. The van der Waals surface area contributed by atoms with Crippen molar-refractivity contribution in [3.05, 3.63) is 34.4 Å². The molecule has 0 aliphatic rings. The van der Waals surface area contributed by atoms with E-state index >= 15 is 0 Å². The third-order valence-corrected chi connectivity index (χ3v) is 7.48. The molecule has 0 bridgehead atoms. The van der Waals surface area contributed by atoms with Gasteiger partial charge in [-0.25, -0.2) is 0 Å². The zero-order valence-electron chi connectivity index (χ0n) is 10.9. The molecule has 0 heterocycles. The summed E-state index contributed by atoms with van der Waals surface area (Å²) in [6.07, 6.45) is 0. The topological polar surface area (TPSA) is 52.4 Å². The second kappa shape index (κ2) is 4.48. The summed E-state index contributed by atoms with van der Waals surface area (Å²) >= 11 is 0. The van der Waals surface area contributed by atoms with Crippen molar-refractivity contribution < 1.29 is 9.35 Å². The Kier molecular flexibility index (Phi) is 3.61. The summed E-state index contributed by atoms with van der Waals surface area (Å²) in [5.74, 6) is 0.254. The molecule has 17 heavy (non-hydrogen) atoms. The molecule has 0 atom stereocenters. The van der Waals surface area contributed by atoms with Crippen LogP contribution in [0.15, 0.2) is 18.2 Å². The molecule has 0 saturated heterocycles. The van der Waals surface area contributed by atoms with Gasteiger partial charge in [-0.15, -0.1) is 0 Å². The van der Waals surface area contributed by atoms with E-state index in [2.05, 4.69) is 39.9 Å². The first-order valence-electron chi connectivity index (χ1n) is 5.49. The first-order valence-corrected chi connectivity index (χ1v) is 8.40. The smallest absolute Gasteiger partial charge is 0.310 e. The highest BCUT2D eigenvalue weighted by Gasteiger charge is 2.40. The van der Waals surface area contributed by atoms with Gasteiger partial charge < -0.3 is 4.43 Å². The van der Waals surface area contributed by atoms with Crippen LogP contribution in [0.5, 0.6) is 5.75 Å². The van der Waals surface area contributed by atoms with Crippen LogP contribution in [0.25, 0.3) is 0 Å². The van der Waals surface area contributed by atoms with Crippen LogP contribution in [0.4, 0.5) is 5.69 Å². The van der Waals surface area contributed by atoms with E-state index in [0.29, 0.717) is 0 Å². The Labute approximate surface area is 103 Å². The molecule has 0 fully saturated rings. The quantitative estimate of drug-likeness (QED) is 0.467. The molecule has 1 radical (unpaired) electrons. The van der Waals surface area contributed by atoms with Gasteiger partial charge in [0, 0.05) is 12.1 Å². The summed E-state index contributed by atoms with van der Waals surface area (Å²) < 4.78 is 5.90. The highest BCUT2D eigenvalue weighted by Crippen LogP contribution is 2.39. The Morgan fingerprint density at radius 3 is 2.47 bits per heavy atom. The fourth-order valence-corrected chi connectivity index (χ4v) is 2.03. The number of rotatable bonds is 3. The lowest BCUT2D eigenvalue weighted by molar-refractivity contribution is -0.385. The molecule has 0 aromatic heterocycles. The van der Waals surface area contributed by atoms with Gasteiger partial charge in [0.05, 0.1) is 4.92 Å². The number of benzene rings is 1. The molecular formula is C12H18NO3Si. The van der Waals surface area contributed by atoms with Crippen molar-refractivity contribution in [1.82, 2.24) is 0 Å². The molecule has 5 heteroatoms. The Hall–Kier alpha value is -1.36. The number of hydrogen-bond acceptors (Lipinski definition) is 3. The zero-order valence-corrected chi connectivity index (χ0v) is 11.9. The van der Waals surface area contributed by atoms with Crippen LogP contribution < -0.4 is 4.43 Å². The molecule has 0 N–H and O–H groups in total. The van der Waals surface area contributed by atoms with Crippen LogP contribution in [0.1, 0.15) is 20.8 Å². The van der Waals surface area contributed by atoms with Crippen molar-refractivity contribution in [1.29, 1.82) is 0 Å². The summed E-state index contributed by atoms with van der Waals surface area (Å²) in [5.41, 5.74) is -0.0164. The molecule has 1 aromatic rings. The average molecular weight is 252 g/mol. The van der Waals surface area contributed by atoms with Crippen molar-refractivity contribution in [3.63, 3.8) is 0 Å². The van der Waals surface area contributed by atoms with E-state index in [-0.39, 0.29) is 16.5 Å². The van der Waals surface area contributed by atoms with Gasteiger partial charge in [-0.05, 0) is 18.1 Å². The summed E-state index contributed by atoms with van der Waals surface area (Å²) in [7, 11) is -2.06. The molecule has 0 saturated carbocycles. The van der Waals surface area contributed by atoms with E-state index in [1.165, 1.54) is 6.07 Å². The Bertz CT molecular complexity index is 424. The number of para-hydroxylation sites is 1. The van der Waals surface area contributed by atoms with E-state index in [1.54, 1.807) is 12.1 Å². The highest BCUT2D eigenvalue weighted by atomic mass is 28.4. The Morgan fingerprint density at radius 1 is 1.41 bits per heavy atom. The molecule has 1 aromatic carbocycles. The molecule has 93 valence electrons. The fraction of sp³-hybridized carbons (Fsp3) is 0.500. The van der Waals surface area contributed by atoms with E-state index in [4.69, 9.17) is 4.43 Å². The Balaban J connectivity index is 3.08. The molecule has 4 nitrogen and oxygen atoms in total. The first-order chi connectivity index (χ1) is 7.65. The lowest BCUT2D eigenvalue weighted by Crippen LogP contribution is -2.44. The van der Waals surface area contributed by atoms with Crippen LogP contribution in [0.2, 0.25) is 18.1 Å². The lowest BCUT2D eigenvalue weighted by atomic mass is 10.2. The standard InChI is InChI=1S/C12H18NO3Si/c1-12(2,3)17(4,5)16-11-9-7-6-8-10(11)13(14)15/h6-8H,1-5H3. The van der Waals surface area contributed by atoms with Gasteiger partial charge in [-0.1, -0.05) is 32.9 Å². The van der Waals surface area contributed by atoms with Crippen molar-refractivity contribution >= 4 is 14.0 Å². The minimum absolute atomic E-state index is 0.00451. The minimum atomic E-state index is -2.06. The summed E-state index contributed by atoms with van der Waals surface area (Å²) in [6, 6.07) is 7.49.